The van der Waals surface area contributed by atoms with Crippen LogP contribution in [0, 0.1) is 0 Å². The van der Waals surface area contributed by atoms with Crippen LogP contribution in [0.4, 0.5) is 0 Å². The molecule has 0 radical (unpaired) electrons. The molecule has 0 rings (SSSR count). The van der Waals surface area contributed by atoms with E-state index in [2.05, 4.69) is 24.8 Å². The van der Waals surface area contributed by atoms with Crippen molar-refractivity contribution >= 4 is 29.2 Å². The fourth-order valence-corrected chi connectivity index (χ4v) is 0.727. The van der Waals surface area contributed by atoms with Crippen molar-refractivity contribution in [1.29, 1.82) is 0 Å². The zero-order valence-electron chi connectivity index (χ0n) is 7.12. The second kappa shape index (κ2) is 9.25. The molecule has 0 aliphatic heterocycles. The predicted octanol–water partition coefficient (Wildman–Crippen LogP) is 1.27. The Labute approximate surface area is 83.8 Å². The molecule has 0 amide bonds. The van der Waals surface area contributed by atoms with Crippen LogP contribution in [-0.4, -0.2) is 37.4 Å². The molecule has 0 saturated heterocycles. The van der Waals surface area contributed by atoms with Gasteiger partial charge < -0.3 is 14.2 Å². The fraction of sp³-hybridized carbons (Fsp3) is 0.857. The molecule has 3 nitrogen and oxygen atoms in total. The van der Waals surface area contributed by atoms with Gasteiger partial charge in [0, 0.05) is 6.61 Å². The van der Waals surface area contributed by atoms with Gasteiger partial charge in [-0.2, -0.15) is 0 Å². The van der Waals surface area contributed by atoms with Crippen molar-refractivity contribution in [3.05, 3.63) is 0 Å². The Balaban J connectivity index is 2.86. The summed E-state index contributed by atoms with van der Waals surface area (Å²) in [5.41, 5.74) is 0. The van der Waals surface area contributed by atoms with Gasteiger partial charge in [0.2, 0.25) is 4.38 Å². The van der Waals surface area contributed by atoms with E-state index >= 15 is 0 Å². The molecule has 0 saturated carbocycles. The third-order valence-electron chi connectivity index (χ3n) is 1.03. The highest BCUT2D eigenvalue weighted by Crippen LogP contribution is 1.87. The summed E-state index contributed by atoms with van der Waals surface area (Å²) in [6.45, 7) is 4.86. The standard InChI is InChI=1S/C7H14O3S2/c1-2-8-3-4-9-5-6-10-7(11)12/h2-6H2,1H3,(H,11,12). The number of thiol groups is 1. The Morgan fingerprint density at radius 2 is 1.75 bits per heavy atom. The van der Waals surface area contributed by atoms with E-state index in [0.29, 0.717) is 26.4 Å². The molecule has 0 spiro atoms. The molecule has 0 atom stereocenters. The lowest BCUT2D eigenvalue weighted by Gasteiger charge is -2.04. The molecule has 12 heavy (non-hydrogen) atoms. The Morgan fingerprint density at radius 1 is 1.17 bits per heavy atom. The van der Waals surface area contributed by atoms with Crippen LogP contribution < -0.4 is 0 Å². The number of hydrogen-bond acceptors (Lipinski definition) is 4. The summed E-state index contributed by atoms with van der Waals surface area (Å²) in [7, 11) is 0. The quantitative estimate of drug-likeness (QED) is 0.389. The zero-order chi connectivity index (χ0) is 9.23. The van der Waals surface area contributed by atoms with E-state index in [4.69, 9.17) is 14.2 Å². The van der Waals surface area contributed by atoms with Gasteiger partial charge in [-0.1, -0.05) is 12.6 Å². The summed E-state index contributed by atoms with van der Waals surface area (Å²) in [5.74, 6) is 0. The highest BCUT2D eigenvalue weighted by Gasteiger charge is 1.90. The van der Waals surface area contributed by atoms with Crippen LogP contribution in [0.5, 0.6) is 0 Å². The number of hydrogen-bond donors (Lipinski definition) is 1. The molecule has 0 aromatic rings. The average Bonchev–Trinajstić information content (AvgIpc) is 2.02. The van der Waals surface area contributed by atoms with Gasteiger partial charge in [0.05, 0.1) is 19.8 Å². The molecule has 0 aromatic heterocycles. The van der Waals surface area contributed by atoms with Gasteiger partial charge in [-0.25, -0.2) is 0 Å². The van der Waals surface area contributed by atoms with Crippen LogP contribution in [-0.2, 0) is 14.2 Å². The number of thiocarbonyl (C=S) groups is 1. The third kappa shape index (κ3) is 10.2. The normalized spacial score (nSPS) is 9.83. The number of rotatable bonds is 7. The highest BCUT2D eigenvalue weighted by atomic mass is 32.1. The van der Waals surface area contributed by atoms with Crippen molar-refractivity contribution in [3.8, 4) is 0 Å². The Kier molecular flexibility index (Phi) is 9.37. The maximum atomic E-state index is 5.14. The molecule has 0 bridgehead atoms. The Bertz CT molecular complexity index is 119. The molecule has 0 fully saturated rings. The Morgan fingerprint density at radius 3 is 2.33 bits per heavy atom. The first-order chi connectivity index (χ1) is 5.77. The first kappa shape index (κ1) is 12.2. The highest BCUT2D eigenvalue weighted by molar-refractivity contribution is 8.10. The average molecular weight is 210 g/mol. The van der Waals surface area contributed by atoms with Crippen molar-refractivity contribution in [2.24, 2.45) is 0 Å². The molecule has 0 unspecified atom stereocenters. The minimum absolute atomic E-state index is 0.253. The van der Waals surface area contributed by atoms with Crippen LogP contribution in [0.15, 0.2) is 0 Å². The summed E-state index contributed by atoms with van der Waals surface area (Å²) in [4.78, 5) is 0. The lowest BCUT2D eigenvalue weighted by atomic mass is 10.7. The topological polar surface area (TPSA) is 27.7 Å². The minimum atomic E-state index is 0.253. The maximum Gasteiger partial charge on any atom is 0.216 e. The third-order valence-corrected chi connectivity index (χ3v) is 1.28. The van der Waals surface area contributed by atoms with Gasteiger partial charge in [0.1, 0.15) is 6.61 Å². The summed E-state index contributed by atoms with van der Waals surface area (Å²) < 4.78 is 15.3. The molecule has 0 N–H and O–H groups in total. The molecule has 0 aromatic carbocycles. The summed E-state index contributed by atoms with van der Waals surface area (Å²) in [5, 5.41) is 0. The van der Waals surface area contributed by atoms with E-state index in [1.807, 2.05) is 6.92 Å². The number of ether oxygens (including phenoxy) is 3. The second-order valence-corrected chi connectivity index (χ2v) is 3.00. The summed E-state index contributed by atoms with van der Waals surface area (Å²) in [6, 6.07) is 0. The van der Waals surface area contributed by atoms with Gasteiger partial charge in [-0.3, -0.25) is 0 Å². The van der Waals surface area contributed by atoms with Gasteiger partial charge in [0.15, 0.2) is 0 Å². The predicted molar refractivity (Wildman–Crippen MR) is 54.8 cm³/mol. The monoisotopic (exact) mass is 210 g/mol. The molecular weight excluding hydrogens is 196 g/mol. The lowest BCUT2D eigenvalue weighted by molar-refractivity contribution is 0.0399. The van der Waals surface area contributed by atoms with Crippen LogP contribution >= 0.6 is 24.8 Å². The summed E-state index contributed by atoms with van der Waals surface area (Å²) >= 11 is 8.36. The first-order valence-corrected chi connectivity index (χ1v) is 4.64. The SMILES string of the molecule is CCOCCOCCOC(=S)S. The fourth-order valence-electron chi connectivity index (χ4n) is 0.552. The zero-order valence-corrected chi connectivity index (χ0v) is 8.83. The summed E-state index contributed by atoms with van der Waals surface area (Å²) in [6.07, 6.45) is 0. The van der Waals surface area contributed by atoms with Crippen molar-refractivity contribution in [1.82, 2.24) is 0 Å². The van der Waals surface area contributed by atoms with Crippen molar-refractivity contribution < 1.29 is 14.2 Å². The van der Waals surface area contributed by atoms with Crippen LogP contribution in [0.3, 0.4) is 0 Å². The van der Waals surface area contributed by atoms with Gasteiger partial charge in [-0.05, 0) is 19.1 Å². The molecule has 72 valence electrons. The van der Waals surface area contributed by atoms with E-state index < -0.39 is 0 Å². The maximum absolute atomic E-state index is 5.14. The lowest BCUT2D eigenvalue weighted by Crippen LogP contribution is -2.09. The van der Waals surface area contributed by atoms with Gasteiger partial charge in [-0.15, -0.1) is 0 Å². The smallest absolute Gasteiger partial charge is 0.216 e. The van der Waals surface area contributed by atoms with E-state index in [1.54, 1.807) is 0 Å². The minimum Gasteiger partial charge on any atom is -0.476 e. The largest absolute Gasteiger partial charge is 0.476 e. The second-order valence-electron chi connectivity index (χ2n) is 1.92. The van der Waals surface area contributed by atoms with E-state index in [0.717, 1.165) is 6.61 Å². The van der Waals surface area contributed by atoms with E-state index in [-0.39, 0.29) is 4.38 Å². The molecule has 0 aliphatic carbocycles. The van der Waals surface area contributed by atoms with E-state index in [9.17, 15) is 0 Å². The Hall–Kier alpha value is 0.160. The van der Waals surface area contributed by atoms with Crippen molar-refractivity contribution in [2.45, 2.75) is 6.92 Å². The van der Waals surface area contributed by atoms with Crippen LogP contribution in [0.25, 0.3) is 0 Å². The van der Waals surface area contributed by atoms with Crippen LogP contribution in [0.1, 0.15) is 6.92 Å². The van der Waals surface area contributed by atoms with Crippen molar-refractivity contribution in [2.75, 3.05) is 33.0 Å². The van der Waals surface area contributed by atoms with Gasteiger partial charge in [0.25, 0.3) is 0 Å². The molecule has 0 heterocycles. The van der Waals surface area contributed by atoms with Gasteiger partial charge >= 0.3 is 0 Å². The molecule has 5 heteroatoms. The van der Waals surface area contributed by atoms with Crippen molar-refractivity contribution in [3.63, 3.8) is 0 Å². The first-order valence-electron chi connectivity index (χ1n) is 3.78. The van der Waals surface area contributed by atoms with E-state index in [1.165, 1.54) is 0 Å². The van der Waals surface area contributed by atoms with Crippen LogP contribution in [0.2, 0.25) is 0 Å². The molecular formula is C7H14O3S2. The molecule has 0 aliphatic rings.